The van der Waals surface area contributed by atoms with Gasteiger partial charge >= 0.3 is 0 Å². The molecule has 0 spiro atoms. The first-order valence-corrected chi connectivity index (χ1v) is 7.86. The van der Waals surface area contributed by atoms with Crippen LogP contribution in [0.1, 0.15) is 21.0 Å². The number of likely N-dealkylation sites (tertiary alicyclic amines) is 1. The number of piperazine rings is 1. The van der Waals surface area contributed by atoms with Crippen LogP contribution < -0.4 is 5.32 Å². The van der Waals surface area contributed by atoms with Crippen molar-refractivity contribution in [2.75, 3.05) is 39.3 Å². The van der Waals surface area contributed by atoms with E-state index in [0.29, 0.717) is 6.04 Å². The van der Waals surface area contributed by atoms with Gasteiger partial charge in [0.1, 0.15) is 0 Å². The highest BCUT2D eigenvalue weighted by molar-refractivity contribution is 7.13. The van der Waals surface area contributed by atoms with Crippen LogP contribution in [0.4, 0.5) is 0 Å². The SMILES string of the molecule is Cc1ccc(C(=O)N2CCC(N3CCNCC3)C2)s1. The molecule has 104 valence electrons. The average molecular weight is 279 g/mol. The summed E-state index contributed by atoms with van der Waals surface area (Å²) < 4.78 is 0. The van der Waals surface area contributed by atoms with Gasteiger partial charge in [0.2, 0.25) is 0 Å². The van der Waals surface area contributed by atoms with Crippen molar-refractivity contribution < 1.29 is 4.79 Å². The van der Waals surface area contributed by atoms with E-state index in [2.05, 4.69) is 17.1 Å². The normalized spacial score (nSPS) is 24.9. The predicted octanol–water partition coefficient (Wildman–Crippen LogP) is 1.18. The van der Waals surface area contributed by atoms with Gasteiger partial charge in [0.15, 0.2) is 0 Å². The first-order valence-electron chi connectivity index (χ1n) is 7.04. The maximum atomic E-state index is 12.4. The number of hydrogen-bond donors (Lipinski definition) is 1. The monoisotopic (exact) mass is 279 g/mol. The van der Waals surface area contributed by atoms with E-state index in [0.717, 1.165) is 50.6 Å². The lowest BCUT2D eigenvalue weighted by atomic mass is 10.2. The molecule has 2 aliphatic rings. The lowest BCUT2D eigenvalue weighted by molar-refractivity contribution is 0.0778. The Balaban J connectivity index is 1.60. The molecule has 19 heavy (non-hydrogen) atoms. The maximum Gasteiger partial charge on any atom is 0.263 e. The Morgan fingerprint density at radius 2 is 2.11 bits per heavy atom. The summed E-state index contributed by atoms with van der Waals surface area (Å²) in [6, 6.07) is 4.55. The molecule has 5 heteroatoms. The van der Waals surface area contributed by atoms with E-state index in [4.69, 9.17) is 0 Å². The van der Waals surface area contributed by atoms with Gasteiger partial charge in [-0.15, -0.1) is 11.3 Å². The van der Waals surface area contributed by atoms with E-state index >= 15 is 0 Å². The lowest BCUT2D eigenvalue weighted by Crippen LogP contribution is -2.49. The van der Waals surface area contributed by atoms with Gasteiger partial charge in [0.25, 0.3) is 5.91 Å². The topological polar surface area (TPSA) is 35.6 Å². The van der Waals surface area contributed by atoms with Crippen molar-refractivity contribution in [3.05, 3.63) is 21.9 Å². The first kappa shape index (κ1) is 13.1. The fourth-order valence-corrected chi connectivity index (χ4v) is 3.81. The highest BCUT2D eigenvalue weighted by Crippen LogP contribution is 2.22. The summed E-state index contributed by atoms with van der Waals surface area (Å²) in [5.74, 6) is 0.218. The molecular weight excluding hydrogens is 258 g/mol. The van der Waals surface area contributed by atoms with Crippen LogP contribution in [0.5, 0.6) is 0 Å². The number of nitrogens with one attached hydrogen (secondary N) is 1. The Morgan fingerprint density at radius 3 is 2.79 bits per heavy atom. The Kier molecular flexibility index (Phi) is 3.86. The third-order valence-corrected chi connectivity index (χ3v) is 5.06. The molecule has 1 N–H and O–H groups in total. The van der Waals surface area contributed by atoms with Crippen molar-refractivity contribution in [1.29, 1.82) is 0 Å². The van der Waals surface area contributed by atoms with Crippen LogP contribution in [0.25, 0.3) is 0 Å². The molecule has 0 saturated carbocycles. The van der Waals surface area contributed by atoms with E-state index in [1.165, 1.54) is 4.88 Å². The van der Waals surface area contributed by atoms with E-state index in [9.17, 15) is 4.79 Å². The number of nitrogens with zero attached hydrogens (tertiary/aromatic N) is 2. The molecule has 0 bridgehead atoms. The van der Waals surface area contributed by atoms with Crippen LogP contribution in [0.3, 0.4) is 0 Å². The van der Waals surface area contributed by atoms with Gasteiger partial charge in [-0.2, -0.15) is 0 Å². The fraction of sp³-hybridized carbons (Fsp3) is 0.643. The zero-order valence-corrected chi connectivity index (χ0v) is 12.2. The smallest absolute Gasteiger partial charge is 0.263 e. The minimum atomic E-state index is 0.218. The van der Waals surface area contributed by atoms with Crippen molar-refractivity contribution in [2.24, 2.45) is 0 Å². The number of thiophene rings is 1. The van der Waals surface area contributed by atoms with Crippen LogP contribution in [0.15, 0.2) is 12.1 Å². The Morgan fingerprint density at radius 1 is 1.32 bits per heavy atom. The standard InChI is InChI=1S/C14H21N3OS/c1-11-2-3-13(19-11)14(18)17-7-4-12(10-17)16-8-5-15-6-9-16/h2-3,12,15H,4-10H2,1H3. The van der Waals surface area contributed by atoms with E-state index in [1.54, 1.807) is 11.3 Å². The molecule has 1 aromatic heterocycles. The summed E-state index contributed by atoms with van der Waals surface area (Å²) in [4.78, 5) is 19.0. The van der Waals surface area contributed by atoms with Crippen molar-refractivity contribution in [3.63, 3.8) is 0 Å². The number of rotatable bonds is 2. The molecule has 1 unspecified atom stereocenters. The minimum Gasteiger partial charge on any atom is -0.336 e. The second-order valence-corrected chi connectivity index (χ2v) is 6.68. The molecule has 2 saturated heterocycles. The van der Waals surface area contributed by atoms with Gasteiger partial charge in [-0.1, -0.05) is 0 Å². The number of hydrogen-bond acceptors (Lipinski definition) is 4. The zero-order chi connectivity index (χ0) is 13.2. The summed E-state index contributed by atoms with van der Waals surface area (Å²) in [7, 11) is 0. The van der Waals surface area contributed by atoms with Gasteiger partial charge in [-0.25, -0.2) is 0 Å². The van der Waals surface area contributed by atoms with E-state index in [-0.39, 0.29) is 5.91 Å². The molecule has 1 atom stereocenters. The average Bonchev–Trinajstić information content (AvgIpc) is 3.08. The van der Waals surface area contributed by atoms with Crippen molar-refractivity contribution >= 4 is 17.2 Å². The van der Waals surface area contributed by atoms with Crippen LogP contribution in [-0.2, 0) is 0 Å². The second-order valence-electron chi connectivity index (χ2n) is 5.39. The second kappa shape index (κ2) is 5.61. The molecule has 0 radical (unpaired) electrons. The van der Waals surface area contributed by atoms with E-state index in [1.807, 2.05) is 17.0 Å². The predicted molar refractivity (Wildman–Crippen MR) is 77.8 cm³/mol. The summed E-state index contributed by atoms with van der Waals surface area (Å²) in [5.41, 5.74) is 0. The van der Waals surface area contributed by atoms with Crippen LogP contribution >= 0.6 is 11.3 Å². The highest BCUT2D eigenvalue weighted by atomic mass is 32.1. The first-order chi connectivity index (χ1) is 9.24. The number of carbonyl (C=O) groups is 1. The van der Waals surface area contributed by atoms with Gasteiger partial charge < -0.3 is 10.2 Å². The van der Waals surface area contributed by atoms with Gasteiger partial charge in [-0.05, 0) is 25.5 Å². The van der Waals surface area contributed by atoms with Crippen LogP contribution in [0.2, 0.25) is 0 Å². The highest BCUT2D eigenvalue weighted by Gasteiger charge is 2.31. The fourth-order valence-electron chi connectivity index (χ4n) is 2.98. The third kappa shape index (κ3) is 2.83. The summed E-state index contributed by atoms with van der Waals surface area (Å²) >= 11 is 1.60. The molecule has 0 aliphatic carbocycles. The Bertz CT molecular complexity index is 453. The largest absolute Gasteiger partial charge is 0.336 e. The molecule has 0 aromatic carbocycles. The molecule has 4 nitrogen and oxygen atoms in total. The van der Waals surface area contributed by atoms with Crippen LogP contribution in [0, 0.1) is 6.92 Å². The summed E-state index contributed by atoms with van der Waals surface area (Å²) in [6.07, 6.45) is 1.12. The quantitative estimate of drug-likeness (QED) is 0.883. The van der Waals surface area contributed by atoms with Gasteiger partial charge in [-0.3, -0.25) is 9.69 Å². The lowest BCUT2D eigenvalue weighted by Gasteiger charge is -2.32. The molecule has 1 amide bonds. The van der Waals surface area contributed by atoms with Gasteiger partial charge in [0.05, 0.1) is 4.88 Å². The molecule has 1 aromatic rings. The molecule has 2 aliphatic heterocycles. The Labute approximate surface area is 118 Å². The number of aryl methyl sites for hydroxylation is 1. The van der Waals surface area contributed by atoms with E-state index < -0.39 is 0 Å². The zero-order valence-electron chi connectivity index (χ0n) is 11.4. The molecule has 2 fully saturated rings. The van der Waals surface area contributed by atoms with Crippen molar-refractivity contribution in [1.82, 2.24) is 15.1 Å². The van der Waals surface area contributed by atoms with Crippen LogP contribution in [-0.4, -0.2) is 61.0 Å². The molecule has 3 rings (SSSR count). The van der Waals surface area contributed by atoms with Gasteiger partial charge in [0, 0.05) is 50.2 Å². The number of amides is 1. The maximum absolute atomic E-state index is 12.4. The summed E-state index contributed by atoms with van der Waals surface area (Å²) in [5, 5.41) is 3.38. The molecule has 3 heterocycles. The minimum absolute atomic E-state index is 0.218. The summed E-state index contributed by atoms with van der Waals surface area (Å²) in [6.45, 7) is 8.24. The van der Waals surface area contributed by atoms with Crippen molar-refractivity contribution in [2.45, 2.75) is 19.4 Å². The number of carbonyl (C=O) groups excluding carboxylic acids is 1. The third-order valence-electron chi connectivity index (χ3n) is 4.07. The Hall–Kier alpha value is -0.910. The molecular formula is C14H21N3OS. The van der Waals surface area contributed by atoms with Crippen molar-refractivity contribution in [3.8, 4) is 0 Å².